The van der Waals surface area contributed by atoms with Crippen LogP contribution >= 0.6 is 11.8 Å². The van der Waals surface area contributed by atoms with Crippen LogP contribution in [0, 0.1) is 5.41 Å². The van der Waals surface area contributed by atoms with Crippen LogP contribution in [0.4, 0.5) is 13.2 Å². The van der Waals surface area contributed by atoms with E-state index in [1.54, 1.807) is 37.5 Å². The summed E-state index contributed by atoms with van der Waals surface area (Å²) >= 11 is 1.03. The van der Waals surface area contributed by atoms with Gasteiger partial charge in [0.1, 0.15) is 10.8 Å². The van der Waals surface area contributed by atoms with Gasteiger partial charge in [-0.05, 0) is 41.6 Å². The number of benzene rings is 2. The van der Waals surface area contributed by atoms with Gasteiger partial charge in [-0.15, -0.1) is 13.2 Å². The fourth-order valence-electron chi connectivity index (χ4n) is 2.57. The van der Waals surface area contributed by atoms with E-state index in [0.29, 0.717) is 16.7 Å². The summed E-state index contributed by atoms with van der Waals surface area (Å²) in [7, 11) is 1.54. The lowest BCUT2D eigenvalue weighted by molar-refractivity contribution is -0.274. The molecule has 0 radical (unpaired) electrons. The topological polar surface area (TPSA) is 87.2 Å². The van der Waals surface area contributed by atoms with E-state index < -0.39 is 6.36 Å². The number of aliphatic imine (C=N–C) groups is 1. The molecular formula is C18H15F3N4OS. The molecule has 0 aliphatic rings. The molecule has 1 aromatic heterocycles. The second-order valence-corrected chi connectivity index (χ2v) is 6.56. The Morgan fingerprint density at radius 2 is 2.00 bits per heavy atom. The smallest absolute Gasteiger partial charge is 0.406 e. The normalized spacial score (nSPS) is 12.4. The van der Waals surface area contributed by atoms with Gasteiger partial charge in [0.2, 0.25) is 0 Å². The van der Waals surface area contributed by atoms with Crippen LogP contribution < -0.4 is 10.5 Å². The van der Waals surface area contributed by atoms with E-state index in [1.165, 1.54) is 18.2 Å². The fraction of sp³-hybridized carbons (Fsp3) is 0.111. The zero-order chi connectivity index (χ0) is 19.6. The average Bonchev–Trinajstić information content (AvgIpc) is 3.03. The summed E-state index contributed by atoms with van der Waals surface area (Å²) in [6.07, 6.45) is -3.04. The van der Waals surface area contributed by atoms with Crippen LogP contribution in [0.2, 0.25) is 0 Å². The van der Waals surface area contributed by atoms with Crippen molar-refractivity contribution in [1.29, 1.82) is 5.41 Å². The quantitative estimate of drug-likeness (QED) is 0.445. The summed E-state index contributed by atoms with van der Waals surface area (Å²) in [5.74, 6) is -0.291. The molecule has 27 heavy (non-hydrogen) atoms. The number of fused-ring (bicyclic) bond motifs is 1. The van der Waals surface area contributed by atoms with Crippen molar-refractivity contribution in [2.24, 2.45) is 10.7 Å². The number of nitrogens with zero attached hydrogens (tertiary/aromatic N) is 1. The SMILES string of the molecule is CN=C(N)SC(=N)c1ccc2[nH]cc(-c3cccc(OC(F)(F)F)c3)c2c1. The summed E-state index contributed by atoms with van der Waals surface area (Å²) in [4.78, 5) is 6.90. The molecule has 0 unspecified atom stereocenters. The van der Waals surface area contributed by atoms with E-state index in [0.717, 1.165) is 22.7 Å². The number of H-pyrrole nitrogens is 1. The van der Waals surface area contributed by atoms with Crippen molar-refractivity contribution in [2.45, 2.75) is 6.36 Å². The molecule has 0 saturated heterocycles. The maximum atomic E-state index is 12.5. The number of thioether (sulfide) groups is 1. The lowest BCUT2D eigenvalue weighted by Gasteiger charge is -2.10. The molecule has 2 aromatic carbocycles. The highest BCUT2D eigenvalue weighted by Crippen LogP contribution is 2.33. The number of ether oxygens (including phenoxy) is 1. The number of aromatic nitrogens is 1. The van der Waals surface area contributed by atoms with E-state index in [2.05, 4.69) is 14.7 Å². The van der Waals surface area contributed by atoms with Crippen molar-refractivity contribution in [2.75, 3.05) is 7.05 Å². The van der Waals surface area contributed by atoms with Crippen LogP contribution in [-0.4, -0.2) is 28.6 Å². The minimum Gasteiger partial charge on any atom is -0.406 e. The van der Waals surface area contributed by atoms with Gasteiger partial charge in [0.05, 0.1) is 0 Å². The molecule has 4 N–H and O–H groups in total. The first kappa shape index (κ1) is 18.8. The third-order valence-corrected chi connectivity index (χ3v) is 4.58. The van der Waals surface area contributed by atoms with Crippen molar-refractivity contribution in [3.05, 3.63) is 54.2 Å². The Morgan fingerprint density at radius 3 is 2.70 bits per heavy atom. The number of rotatable bonds is 3. The van der Waals surface area contributed by atoms with Gasteiger partial charge in [-0.3, -0.25) is 10.4 Å². The molecule has 0 aliphatic heterocycles. The van der Waals surface area contributed by atoms with Crippen molar-refractivity contribution in [1.82, 2.24) is 4.98 Å². The first-order valence-corrected chi connectivity index (χ1v) is 8.55. The first-order chi connectivity index (χ1) is 12.8. The van der Waals surface area contributed by atoms with E-state index in [4.69, 9.17) is 11.1 Å². The second-order valence-electron chi connectivity index (χ2n) is 5.53. The Bertz CT molecular complexity index is 1030. The minimum atomic E-state index is -4.75. The van der Waals surface area contributed by atoms with Crippen LogP contribution in [0.15, 0.2) is 53.7 Å². The van der Waals surface area contributed by atoms with Crippen molar-refractivity contribution >= 4 is 32.9 Å². The van der Waals surface area contributed by atoms with Crippen LogP contribution in [0.25, 0.3) is 22.0 Å². The third-order valence-electron chi connectivity index (χ3n) is 3.75. The number of alkyl halides is 3. The van der Waals surface area contributed by atoms with E-state index in [9.17, 15) is 13.2 Å². The second kappa shape index (κ2) is 7.36. The predicted octanol–water partition coefficient (Wildman–Crippen LogP) is 4.74. The number of nitrogens with one attached hydrogen (secondary N) is 2. The number of hydrogen-bond donors (Lipinski definition) is 3. The highest BCUT2D eigenvalue weighted by Gasteiger charge is 2.31. The Hall–Kier alpha value is -2.94. The summed E-state index contributed by atoms with van der Waals surface area (Å²) in [6, 6.07) is 11.1. The van der Waals surface area contributed by atoms with Gasteiger partial charge < -0.3 is 15.5 Å². The maximum absolute atomic E-state index is 12.5. The van der Waals surface area contributed by atoms with Crippen LogP contribution in [0.3, 0.4) is 0 Å². The van der Waals surface area contributed by atoms with Gasteiger partial charge in [0, 0.05) is 35.3 Å². The zero-order valence-corrected chi connectivity index (χ0v) is 14.9. The fourth-order valence-corrected chi connectivity index (χ4v) is 3.12. The average molecular weight is 392 g/mol. The van der Waals surface area contributed by atoms with Gasteiger partial charge in [-0.2, -0.15) is 0 Å². The van der Waals surface area contributed by atoms with Crippen LogP contribution in [0.5, 0.6) is 5.75 Å². The number of halogens is 3. The van der Waals surface area contributed by atoms with Crippen LogP contribution in [-0.2, 0) is 0 Å². The Labute approximate surface area is 156 Å². The molecule has 0 atom stereocenters. The summed E-state index contributed by atoms with van der Waals surface area (Å²) in [5.41, 5.74) is 8.34. The zero-order valence-electron chi connectivity index (χ0n) is 14.1. The molecule has 140 valence electrons. The number of aromatic amines is 1. The van der Waals surface area contributed by atoms with Crippen molar-refractivity contribution < 1.29 is 17.9 Å². The van der Waals surface area contributed by atoms with Gasteiger partial charge in [-0.25, -0.2) is 0 Å². The molecular weight excluding hydrogens is 377 g/mol. The minimum absolute atomic E-state index is 0.223. The lowest BCUT2D eigenvalue weighted by Crippen LogP contribution is -2.17. The molecule has 0 fully saturated rings. The van der Waals surface area contributed by atoms with Gasteiger partial charge in [0.15, 0.2) is 5.17 Å². The molecule has 0 saturated carbocycles. The maximum Gasteiger partial charge on any atom is 0.573 e. The lowest BCUT2D eigenvalue weighted by atomic mass is 10.0. The highest BCUT2D eigenvalue weighted by atomic mass is 32.2. The molecule has 3 rings (SSSR count). The molecule has 5 nitrogen and oxygen atoms in total. The number of hydrogen-bond acceptors (Lipinski definition) is 4. The van der Waals surface area contributed by atoms with Gasteiger partial charge in [0.25, 0.3) is 0 Å². The molecule has 0 aliphatic carbocycles. The highest BCUT2D eigenvalue weighted by molar-refractivity contribution is 8.26. The Balaban J connectivity index is 1.99. The predicted molar refractivity (Wildman–Crippen MR) is 102 cm³/mol. The van der Waals surface area contributed by atoms with E-state index >= 15 is 0 Å². The molecule has 0 bridgehead atoms. The number of nitrogens with two attached hydrogens (primary N) is 1. The summed E-state index contributed by atoms with van der Waals surface area (Å²) < 4.78 is 41.4. The summed E-state index contributed by atoms with van der Waals surface area (Å²) in [6.45, 7) is 0. The van der Waals surface area contributed by atoms with Crippen LogP contribution in [0.1, 0.15) is 5.56 Å². The summed E-state index contributed by atoms with van der Waals surface area (Å²) in [5, 5.41) is 9.41. The van der Waals surface area contributed by atoms with Crippen molar-refractivity contribution in [3.8, 4) is 16.9 Å². The monoisotopic (exact) mass is 392 g/mol. The molecule has 0 spiro atoms. The molecule has 9 heteroatoms. The first-order valence-electron chi connectivity index (χ1n) is 7.73. The van der Waals surface area contributed by atoms with E-state index in [-0.39, 0.29) is 16.0 Å². The Morgan fingerprint density at radius 1 is 1.22 bits per heavy atom. The number of amidine groups is 1. The third kappa shape index (κ3) is 4.43. The molecule has 0 amide bonds. The standard InChI is InChI=1S/C18H15F3N4OS/c1-24-17(23)27-16(22)11-5-6-15-13(8-11)14(9-25-15)10-3-2-4-12(7-10)26-18(19,20)21/h2-9,22,25H,1H3,(H2,23,24). The van der Waals surface area contributed by atoms with E-state index in [1.807, 2.05) is 0 Å². The largest absolute Gasteiger partial charge is 0.573 e. The molecule has 3 aromatic rings. The Kier molecular flexibility index (Phi) is 5.13. The van der Waals surface area contributed by atoms with Crippen molar-refractivity contribution in [3.63, 3.8) is 0 Å². The molecule has 1 heterocycles. The van der Waals surface area contributed by atoms with Gasteiger partial charge in [-0.1, -0.05) is 18.2 Å². The van der Waals surface area contributed by atoms with Gasteiger partial charge >= 0.3 is 6.36 Å².